The maximum atomic E-state index is 10.9. The molecule has 0 saturated heterocycles. The van der Waals surface area contributed by atoms with Gasteiger partial charge in [-0.1, -0.05) is 13.0 Å². The average Bonchev–Trinajstić information content (AvgIpc) is 2.17. The molecule has 4 heteroatoms. The van der Waals surface area contributed by atoms with Gasteiger partial charge in [0.2, 0.25) is 0 Å². The van der Waals surface area contributed by atoms with E-state index in [0.29, 0.717) is 19.4 Å². The zero-order valence-electron chi connectivity index (χ0n) is 9.12. The summed E-state index contributed by atoms with van der Waals surface area (Å²) in [5, 5.41) is 8.52. The normalized spacial score (nSPS) is 9.67. The van der Waals surface area contributed by atoms with Crippen LogP contribution in [-0.2, 0) is 14.3 Å². The summed E-state index contributed by atoms with van der Waals surface area (Å²) >= 11 is 0. The van der Waals surface area contributed by atoms with E-state index in [1.54, 1.807) is 6.92 Å². The first-order valence-corrected chi connectivity index (χ1v) is 5.14. The second-order valence-electron chi connectivity index (χ2n) is 3.27. The maximum absolute atomic E-state index is 10.9. The van der Waals surface area contributed by atoms with E-state index in [9.17, 15) is 9.59 Å². The molecule has 0 heterocycles. The lowest BCUT2D eigenvalue weighted by Gasteiger charge is -2.02. The first-order valence-electron chi connectivity index (χ1n) is 5.14. The molecular formula is C11H18O4. The highest BCUT2D eigenvalue weighted by molar-refractivity contribution is 5.85. The Kier molecular flexibility index (Phi) is 7.32. The molecule has 0 radical (unpaired) electrons. The number of hydrogen-bond acceptors (Lipinski definition) is 3. The van der Waals surface area contributed by atoms with Gasteiger partial charge in [0.25, 0.3) is 0 Å². The number of carboxylic acids is 1. The van der Waals surface area contributed by atoms with Crippen LogP contribution in [-0.4, -0.2) is 23.7 Å². The molecule has 0 aliphatic heterocycles. The molecular weight excluding hydrogens is 196 g/mol. The van der Waals surface area contributed by atoms with Crippen LogP contribution in [0.1, 0.15) is 39.0 Å². The Bertz CT molecular complexity index is 233. The van der Waals surface area contributed by atoms with Crippen LogP contribution >= 0.6 is 0 Å². The van der Waals surface area contributed by atoms with E-state index < -0.39 is 5.97 Å². The summed E-state index contributed by atoms with van der Waals surface area (Å²) in [4.78, 5) is 21.3. The summed E-state index contributed by atoms with van der Waals surface area (Å²) in [6.45, 7) is 5.61. The molecule has 86 valence electrons. The van der Waals surface area contributed by atoms with Crippen molar-refractivity contribution in [2.45, 2.75) is 39.0 Å². The highest BCUT2D eigenvalue weighted by Crippen LogP contribution is 2.09. The van der Waals surface area contributed by atoms with Crippen molar-refractivity contribution >= 4 is 11.9 Å². The van der Waals surface area contributed by atoms with E-state index >= 15 is 0 Å². The van der Waals surface area contributed by atoms with Crippen LogP contribution in [0, 0.1) is 0 Å². The van der Waals surface area contributed by atoms with Gasteiger partial charge in [0.05, 0.1) is 6.61 Å². The van der Waals surface area contributed by atoms with Gasteiger partial charge >= 0.3 is 11.9 Å². The van der Waals surface area contributed by atoms with Gasteiger partial charge in [-0.15, -0.1) is 0 Å². The van der Waals surface area contributed by atoms with Gasteiger partial charge in [-0.3, -0.25) is 4.79 Å². The van der Waals surface area contributed by atoms with E-state index in [1.807, 2.05) is 0 Å². The Morgan fingerprint density at radius 2 is 1.80 bits per heavy atom. The predicted molar refractivity (Wildman–Crippen MR) is 56.5 cm³/mol. The van der Waals surface area contributed by atoms with Crippen molar-refractivity contribution in [1.82, 2.24) is 0 Å². The molecule has 15 heavy (non-hydrogen) atoms. The molecule has 4 nitrogen and oxygen atoms in total. The predicted octanol–water partition coefficient (Wildman–Crippen LogP) is 2.14. The molecule has 0 aliphatic carbocycles. The summed E-state index contributed by atoms with van der Waals surface area (Å²) in [6, 6.07) is 0. The van der Waals surface area contributed by atoms with Crippen molar-refractivity contribution in [3.63, 3.8) is 0 Å². The molecule has 0 atom stereocenters. The Hall–Kier alpha value is -1.32. The van der Waals surface area contributed by atoms with Gasteiger partial charge < -0.3 is 9.84 Å². The van der Waals surface area contributed by atoms with E-state index in [2.05, 4.69) is 6.58 Å². The first-order chi connectivity index (χ1) is 7.07. The maximum Gasteiger partial charge on any atom is 0.330 e. The average molecular weight is 214 g/mol. The van der Waals surface area contributed by atoms with Crippen LogP contribution in [0.15, 0.2) is 12.2 Å². The monoisotopic (exact) mass is 214 g/mol. The van der Waals surface area contributed by atoms with Gasteiger partial charge in [0.15, 0.2) is 0 Å². The fourth-order valence-corrected chi connectivity index (χ4v) is 1.12. The van der Waals surface area contributed by atoms with Gasteiger partial charge in [-0.05, 0) is 26.2 Å². The molecule has 0 aromatic heterocycles. The lowest BCUT2D eigenvalue weighted by Crippen LogP contribution is -2.03. The summed E-state index contributed by atoms with van der Waals surface area (Å²) in [6.07, 6.45) is 3.22. The minimum absolute atomic E-state index is 0.186. The number of hydrogen-bond donors (Lipinski definition) is 1. The molecule has 0 unspecified atom stereocenters. The van der Waals surface area contributed by atoms with Crippen molar-refractivity contribution in [3.8, 4) is 0 Å². The topological polar surface area (TPSA) is 63.6 Å². The third-order valence-electron chi connectivity index (χ3n) is 1.97. The molecule has 0 saturated carbocycles. The van der Waals surface area contributed by atoms with Gasteiger partial charge in [0, 0.05) is 12.0 Å². The standard InChI is InChI=1S/C11H18O4/c1-3-15-10(12)8-6-4-5-7-9(2)11(13)14/h2-8H2,1H3,(H,13,14). The number of carbonyl (C=O) groups excluding carboxylic acids is 1. The van der Waals surface area contributed by atoms with Crippen LogP contribution in [0.2, 0.25) is 0 Å². The van der Waals surface area contributed by atoms with Crippen molar-refractivity contribution in [1.29, 1.82) is 0 Å². The van der Waals surface area contributed by atoms with Crippen LogP contribution in [0.25, 0.3) is 0 Å². The van der Waals surface area contributed by atoms with Gasteiger partial charge in [0.1, 0.15) is 0 Å². The second kappa shape index (κ2) is 8.03. The fourth-order valence-electron chi connectivity index (χ4n) is 1.12. The SMILES string of the molecule is C=C(CCCCCC(=O)OCC)C(=O)O. The molecule has 0 spiro atoms. The minimum Gasteiger partial charge on any atom is -0.478 e. The molecule has 0 aliphatic rings. The van der Waals surface area contributed by atoms with Crippen LogP contribution in [0.5, 0.6) is 0 Å². The number of aliphatic carboxylic acids is 1. The van der Waals surface area contributed by atoms with Crippen molar-refractivity contribution in [3.05, 3.63) is 12.2 Å². The van der Waals surface area contributed by atoms with Gasteiger partial charge in [-0.2, -0.15) is 0 Å². The molecule has 0 aromatic rings. The Morgan fingerprint density at radius 3 is 2.33 bits per heavy atom. The third-order valence-corrected chi connectivity index (χ3v) is 1.97. The molecule has 0 bridgehead atoms. The Morgan fingerprint density at radius 1 is 1.20 bits per heavy atom. The van der Waals surface area contributed by atoms with Crippen molar-refractivity contribution < 1.29 is 19.4 Å². The summed E-state index contributed by atoms with van der Waals surface area (Å²) in [5.41, 5.74) is 0.228. The molecule has 0 rings (SSSR count). The molecule has 1 N–H and O–H groups in total. The van der Waals surface area contributed by atoms with Crippen molar-refractivity contribution in [2.24, 2.45) is 0 Å². The fraction of sp³-hybridized carbons (Fsp3) is 0.636. The molecule has 0 fully saturated rings. The lowest BCUT2D eigenvalue weighted by molar-refractivity contribution is -0.143. The van der Waals surface area contributed by atoms with Crippen LogP contribution < -0.4 is 0 Å². The number of unbranched alkanes of at least 4 members (excludes halogenated alkanes) is 2. The second-order valence-corrected chi connectivity index (χ2v) is 3.27. The largest absolute Gasteiger partial charge is 0.478 e. The summed E-state index contributed by atoms with van der Waals surface area (Å²) in [7, 11) is 0. The van der Waals surface area contributed by atoms with E-state index in [0.717, 1.165) is 19.3 Å². The zero-order valence-corrected chi connectivity index (χ0v) is 9.12. The summed E-state index contributed by atoms with van der Waals surface area (Å²) in [5.74, 6) is -1.13. The zero-order chi connectivity index (χ0) is 11.7. The Labute approximate surface area is 89.9 Å². The minimum atomic E-state index is -0.944. The lowest BCUT2D eigenvalue weighted by atomic mass is 10.1. The smallest absolute Gasteiger partial charge is 0.330 e. The number of rotatable bonds is 8. The Balaban J connectivity index is 3.36. The third kappa shape index (κ3) is 7.73. The first kappa shape index (κ1) is 13.7. The van der Waals surface area contributed by atoms with E-state index in [1.165, 1.54) is 0 Å². The highest BCUT2D eigenvalue weighted by Gasteiger charge is 2.04. The number of carbonyl (C=O) groups is 2. The van der Waals surface area contributed by atoms with Crippen LogP contribution in [0.3, 0.4) is 0 Å². The number of ether oxygens (including phenoxy) is 1. The molecule has 0 aromatic carbocycles. The molecule has 0 amide bonds. The number of carboxylic acid groups (broad SMARTS) is 1. The van der Waals surface area contributed by atoms with Gasteiger partial charge in [-0.25, -0.2) is 4.79 Å². The van der Waals surface area contributed by atoms with Crippen LogP contribution in [0.4, 0.5) is 0 Å². The highest BCUT2D eigenvalue weighted by atomic mass is 16.5. The number of esters is 1. The van der Waals surface area contributed by atoms with E-state index in [4.69, 9.17) is 9.84 Å². The van der Waals surface area contributed by atoms with Crippen molar-refractivity contribution in [2.75, 3.05) is 6.61 Å². The quantitative estimate of drug-likeness (QED) is 0.382. The van der Waals surface area contributed by atoms with E-state index in [-0.39, 0.29) is 11.5 Å². The summed E-state index contributed by atoms with van der Waals surface area (Å²) < 4.78 is 4.76.